The quantitative estimate of drug-likeness (QED) is 0.865. The first-order valence-corrected chi connectivity index (χ1v) is 7.13. The molecule has 0 saturated heterocycles. The lowest BCUT2D eigenvalue weighted by Gasteiger charge is -2.24. The Kier molecular flexibility index (Phi) is 5.60. The van der Waals surface area contributed by atoms with Gasteiger partial charge >= 0.3 is 0 Å². The van der Waals surface area contributed by atoms with E-state index in [9.17, 15) is 8.78 Å². The van der Waals surface area contributed by atoms with Crippen LogP contribution in [0.1, 0.15) is 39.3 Å². The van der Waals surface area contributed by atoms with E-state index in [4.69, 9.17) is 0 Å². The van der Waals surface area contributed by atoms with Crippen LogP contribution in [0.25, 0.3) is 0 Å². The summed E-state index contributed by atoms with van der Waals surface area (Å²) in [5, 5.41) is 3.27. The summed E-state index contributed by atoms with van der Waals surface area (Å²) < 4.78 is 26.6. The molecule has 1 aromatic carbocycles. The van der Waals surface area contributed by atoms with Crippen molar-refractivity contribution in [1.82, 2.24) is 5.32 Å². The Morgan fingerprint density at radius 1 is 1.17 bits per heavy atom. The number of halogens is 2. The van der Waals surface area contributed by atoms with Gasteiger partial charge in [0.2, 0.25) is 0 Å². The molecule has 1 atom stereocenters. The molecule has 0 aliphatic carbocycles. The zero-order chi connectivity index (χ0) is 13.8. The van der Waals surface area contributed by atoms with Gasteiger partial charge < -0.3 is 5.32 Å². The minimum atomic E-state index is -0.520. The van der Waals surface area contributed by atoms with E-state index < -0.39 is 11.6 Å². The summed E-state index contributed by atoms with van der Waals surface area (Å²) >= 11 is 1.78. The predicted octanol–water partition coefficient (Wildman–Crippen LogP) is 4.15. The van der Waals surface area contributed by atoms with Crippen LogP contribution in [0.3, 0.4) is 0 Å². The van der Waals surface area contributed by atoms with Gasteiger partial charge in [0.25, 0.3) is 0 Å². The van der Waals surface area contributed by atoms with Crippen molar-refractivity contribution in [3.8, 4) is 0 Å². The summed E-state index contributed by atoms with van der Waals surface area (Å²) in [7, 11) is 0. The van der Waals surface area contributed by atoms with Crippen LogP contribution in [0, 0.1) is 11.6 Å². The van der Waals surface area contributed by atoms with Gasteiger partial charge in [-0.15, -0.1) is 0 Å². The fraction of sp³-hybridized carbons (Fsp3) is 0.571. The third-order valence-corrected chi connectivity index (χ3v) is 3.79. The van der Waals surface area contributed by atoms with Gasteiger partial charge in [0.1, 0.15) is 11.6 Å². The first-order valence-electron chi connectivity index (χ1n) is 6.15. The van der Waals surface area contributed by atoms with Gasteiger partial charge in [0.15, 0.2) is 0 Å². The van der Waals surface area contributed by atoms with E-state index in [0.717, 1.165) is 18.4 Å². The highest BCUT2D eigenvalue weighted by Crippen LogP contribution is 2.28. The van der Waals surface area contributed by atoms with Crippen LogP contribution in [-0.4, -0.2) is 17.0 Å². The van der Waals surface area contributed by atoms with Crippen molar-refractivity contribution in [3.05, 3.63) is 35.4 Å². The summed E-state index contributed by atoms with van der Waals surface area (Å²) in [6.07, 6.45) is 0. The van der Waals surface area contributed by atoms with Crippen LogP contribution in [0.5, 0.6) is 0 Å². The lowest BCUT2D eigenvalue weighted by atomic mass is 10.1. The first kappa shape index (κ1) is 15.4. The van der Waals surface area contributed by atoms with Gasteiger partial charge in [-0.1, -0.05) is 27.7 Å². The Hall–Kier alpha value is -0.610. The molecule has 0 aromatic heterocycles. The van der Waals surface area contributed by atoms with E-state index in [1.165, 1.54) is 12.1 Å². The summed E-state index contributed by atoms with van der Waals surface area (Å²) in [6.45, 7) is 9.16. The number of thioether (sulfide) groups is 1. The molecule has 0 fully saturated rings. The van der Waals surface area contributed by atoms with Crippen molar-refractivity contribution in [3.63, 3.8) is 0 Å². The molecule has 0 aliphatic heterocycles. The molecule has 0 amide bonds. The van der Waals surface area contributed by atoms with E-state index in [2.05, 4.69) is 26.1 Å². The molecule has 18 heavy (non-hydrogen) atoms. The Morgan fingerprint density at radius 3 is 2.17 bits per heavy atom. The van der Waals surface area contributed by atoms with Gasteiger partial charge in [-0.2, -0.15) is 11.8 Å². The van der Waals surface area contributed by atoms with Crippen molar-refractivity contribution >= 4 is 11.8 Å². The molecular weight excluding hydrogens is 252 g/mol. The standard InChI is InChI=1S/C14H21F2NS/c1-5-17-13(9-18-14(2,3)4)10-6-11(15)8-12(16)7-10/h6-8,13,17H,5,9H2,1-4H3. The molecule has 1 unspecified atom stereocenters. The Labute approximate surface area is 112 Å². The maximum absolute atomic E-state index is 13.2. The summed E-state index contributed by atoms with van der Waals surface area (Å²) in [6, 6.07) is 3.69. The molecule has 0 bridgehead atoms. The van der Waals surface area contributed by atoms with Gasteiger partial charge in [-0.25, -0.2) is 8.78 Å². The van der Waals surface area contributed by atoms with Gasteiger partial charge in [0.05, 0.1) is 0 Å². The van der Waals surface area contributed by atoms with Crippen molar-refractivity contribution in [2.75, 3.05) is 12.3 Å². The topological polar surface area (TPSA) is 12.0 Å². The van der Waals surface area contributed by atoms with E-state index in [1.54, 1.807) is 11.8 Å². The summed E-state index contributed by atoms with van der Waals surface area (Å²) in [5.74, 6) is -0.248. The highest BCUT2D eigenvalue weighted by Gasteiger charge is 2.17. The van der Waals surface area contributed by atoms with Crippen LogP contribution in [0.15, 0.2) is 18.2 Å². The predicted molar refractivity (Wildman–Crippen MR) is 75.0 cm³/mol. The van der Waals surface area contributed by atoms with Crippen molar-refractivity contribution in [2.45, 2.75) is 38.5 Å². The fourth-order valence-electron chi connectivity index (χ4n) is 1.63. The molecule has 1 N–H and O–H groups in total. The molecule has 4 heteroatoms. The van der Waals surface area contributed by atoms with Crippen molar-refractivity contribution in [2.24, 2.45) is 0 Å². The smallest absolute Gasteiger partial charge is 0.126 e. The number of nitrogens with one attached hydrogen (secondary N) is 1. The third kappa shape index (κ3) is 5.36. The number of rotatable bonds is 5. The number of benzene rings is 1. The molecule has 1 nitrogen and oxygen atoms in total. The third-order valence-electron chi connectivity index (χ3n) is 2.42. The van der Waals surface area contributed by atoms with E-state index in [0.29, 0.717) is 5.56 Å². The second-order valence-electron chi connectivity index (χ2n) is 5.24. The van der Waals surface area contributed by atoms with Crippen LogP contribution >= 0.6 is 11.8 Å². The van der Waals surface area contributed by atoms with E-state index >= 15 is 0 Å². The first-order chi connectivity index (χ1) is 8.31. The zero-order valence-corrected chi connectivity index (χ0v) is 12.2. The minimum absolute atomic E-state index is 0.0237. The molecule has 0 spiro atoms. The van der Waals surface area contributed by atoms with Crippen LogP contribution < -0.4 is 5.32 Å². The molecule has 1 rings (SSSR count). The monoisotopic (exact) mass is 273 g/mol. The van der Waals surface area contributed by atoms with Gasteiger partial charge in [-0.05, 0) is 24.2 Å². The molecule has 0 heterocycles. The molecular formula is C14H21F2NS. The second kappa shape index (κ2) is 6.53. The average molecular weight is 273 g/mol. The van der Waals surface area contributed by atoms with Crippen molar-refractivity contribution in [1.29, 1.82) is 0 Å². The number of hydrogen-bond acceptors (Lipinski definition) is 2. The van der Waals surface area contributed by atoms with E-state index in [1.807, 2.05) is 6.92 Å². The Balaban J connectivity index is 2.83. The Bertz CT molecular complexity index is 368. The molecule has 0 radical (unpaired) electrons. The number of hydrogen-bond donors (Lipinski definition) is 1. The molecule has 0 aliphatic rings. The zero-order valence-electron chi connectivity index (χ0n) is 11.4. The highest BCUT2D eigenvalue weighted by molar-refractivity contribution is 8.00. The molecule has 0 saturated carbocycles. The average Bonchev–Trinajstić information content (AvgIpc) is 2.21. The summed E-state index contributed by atoms with van der Waals surface area (Å²) in [5.41, 5.74) is 0.672. The summed E-state index contributed by atoms with van der Waals surface area (Å²) in [4.78, 5) is 0. The van der Waals surface area contributed by atoms with Gasteiger partial charge in [0, 0.05) is 22.6 Å². The van der Waals surface area contributed by atoms with Crippen LogP contribution in [-0.2, 0) is 0 Å². The fourth-order valence-corrected chi connectivity index (χ4v) is 2.61. The van der Waals surface area contributed by atoms with Gasteiger partial charge in [-0.3, -0.25) is 0 Å². The second-order valence-corrected chi connectivity index (χ2v) is 7.08. The normalized spacial score (nSPS) is 13.7. The largest absolute Gasteiger partial charge is 0.310 e. The maximum atomic E-state index is 13.2. The van der Waals surface area contributed by atoms with Crippen LogP contribution in [0.4, 0.5) is 8.78 Å². The molecule has 1 aromatic rings. The SMILES string of the molecule is CCNC(CSC(C)(C)C)c1cc(F)cc(F)c1. The van der Waals surface area contributed by atoms with Crippen molar-refractivity contribution < 1.29 is 8.78 Å². The Morgan fingerprint density at radius 2 is 1.72 bits per heavy atom. The minimum Gasteiger partial charge on any atom is -0.310 e. The van der Waals surface area contributed by atoms with Crippen LogP contribution in [0.2, 0.25) is 0 Å². The lowest BCUT2D eigenvalue weighted by Crippen LogP contribution is -2.25. The van der Waals surface area contributed by atoms with E-state index in [-0.39, 0.29) is 10.8 Å². The maximum Gasteiger partial charge on any atom is 0.126 e. The highest BCUT2D eigenvalue weighted by atomic mass is 32.2. The molecule has 102 valence electrons. The lowest BCUT2D eigenvalue weighted by molar-refractivity contribution is 0.557.